The quantitative estimate of drug-likeness (QED) is 0.294. The number of benzene rings is 1. The zero-order valence-electron chi connectivity index (χ0n) is 16.7. The van der Waals surface area contributed by atoms with Gasteiger partial charge in [-0.3, -0.25) is 14.4 Å². The van der Waals surface area contributed by atoms with Gasteiger partial charge in [0.15, 0.2) is 5.92 Å². The Morgan fingerprint density at radius 2 is 1.90 bits per heavy atom. The summed E-state index contributed by atoms with van der Waals surface area (Å²) in [5, 5.41) is 15.1. The van der Waals surface area contributed by atoms with Gasteiger partial charge in [0.1, 0.15) is 23.2 Å². The predicted molar refractivity (Wildman–Crippen MR) is 115 cm³/mol. The fourth-order valence-electron chi connectivity index (χ4n) is 3.88. The van der Waals surface area contributed by atoms with Gasteiger partial charge in [-0.25, -0.2) is 4.79 Å². The molecule has 3 heterocycles. The van der Waals surface area contributed by atoms with Crippen molar-refractivity contribution in [1.29, 1.82) is 0 Å². The van der Waals surface area contributed by atoms with Crippen LogP contribution in [0.25, 0.3) is 0 Å². The Bertz CT molecular complexity index is 1020. The Morgan fingerprint density at radius 3 is 2.52 bits per heavy atom. The van der Waals surface area contributed by atoms with E-state index in [-0.39, 0.29) is 0 Å². The van der Waals surface area contributed by atoms with E-state index < -0.39 is 51.9 Å². The average Bonchev–Trinajstić information content (AvgIpc) is 3.31. The molecule has 0 bridgehead atoms. The van der Waals surface area contributed by atoms with Gasteiger partial charge in [-0.1, -0.05) is 18.2 Å². The monoisotopic (exact) mass is 460 g/mol. The number of carbonyl (C=O) groups excluding carboxylic acids is 3. The molecule has 1 aromatic carbocycles. The molecule has 2 N–H and O–H groups in total. The maximum Gasteiger partial charge on any atom is 0.328 e. The number of carbonyl (C=O) groups is 4. The number of thioether (sulfide) groups is 1. The van der Waals surface area contributed by atoms with Crippen molar-refractivity contribution in [2.24, 2.45) is 0 Å². The second-order valence-corrected chi connectivity index (χ2v) is 10.4. The summed E-state index contributed by atoms with van der Waals surface area (Å²) < 4.78 is 4.67. The molecular formula is C21H20N2O6S2. The molecule has 0 saturated carbocycles. The van der Waals surface area contributed by atoms with Crippen molar-refractivity contribution in [3.05, 3.63) is 52.7 Å². The number of carboxylic acids is 1. The third-order valence-electron chi connectivity index (χ3n) is 5.31. The number of hydrogen-bond acceptors (Lipinski definition) is 7. The largest absolute Gasteiger partial charge is 0.480 e. The van der Waals surface area contributed by atoms with Crippen molar-refractivity contribution in [2.45, 2.75) is 42.0 Å². The fourth-order valence-corrected chi connectivity index (χ4v) is 6.19. The van der Waals surface area contributed by atoms with E-state index in [1.807, 2.05) is 0 Å². The van der Waals surface area contributed by atoms with E-state index in [4.69, 9.17) is 4.74 Å². The van der Waals surface area contributed by atoms with Crippen LogP contribution in [0.15, 0.2) is 47.2 Å². The van der Waals surface area contributed by atoms with Crippen LogP contribution in [0.3, 0.4) is 0 Å². The van der Waals surface area contributed by atoms with Gasteiger partial charge in [-0.05, 0) is 48.4 Å². The number of rotatable bonds is 6. The Labute approximate surface area is 186 Å². The van der Waals surface area contributed by atoms with Gasteiger partial charge in [-0.15, -0.1) is 11.8 Å². The first-order chi connectivity index (χ1) is 14.7. The Kier molecular flexibility index (Phi) is 5.52. The first kappa shape index (κ1) is 21.4. The maximum atomic E-state index is 13.1. The maximum absolute atomic E-state index is 13.1. The molecule has 0 radical (unpaired) electrons. The molecule has 8 nitrogen and oxygen atoms in total. The number of hydrogen-bond donors (Lipinski definition) is 2. The van der Waals surface area contributed by atoms with Crippen molar-refractivity contribution in [2.75, 3.05) is 0 Å². The summed E-state index contributed by atoms with van der Waals surface area (Å²) in [6.45, 7) is 3.51. The molecule has 2 fully saturated rings. The first-order valence-electron chi connectivity index (χ1n) is 9.53. The second kappa shape index (κ2) is 8.01. The van der Waals surface area contributed by atoms with E-state index in [1.165, 1.54) is 28.0 Å². The van der Waals surface area contributed by atoms with Crippen LogP contribution in [0, 0.1) is 0 Å². The minimum Gasteiger partial charge on any atom is -0.480 e. The lowest BCUT2D eigenvalue weighted by Crippen LogP contribution is -2.71. The number of para-hydroxylation sites is 1. The number of amides is 2. The molecule has 1 aromatic heterocycles. The van der Waals surface area contributed by atoms with E-state index in [2.05, 4.69) is 5.32 Å². The molecule has 0 spiro atoms. The van der Waals surface area contributed by atoms with Gasteiger partial charge >= 0.3 is 11.9 Å². The van der Waals surface area contributed by atoms with Crippen molar-refractivity contribution < 1.29 is 29.0 Å². The van der Waals surface area contributed by atoms with Gasteiger partial charge in [-0.2, -0.15) is 11.3 Å². The summed E-state index contributed by atoms with van der Waals surface area (Å²) in [7, 11) is 0. The molecular weight excluding hydrogens is 440 g/mol. The number of nitrogens with zero attached hydrogens (tertiary/aromatic N) is 1. The molecule has 2 aromatic rings. The second-order valence-electron chi connectivity index (χ2n) is 7.81. The van der Waals surface area contributed by atoms with Crippen molar-refractivity contribution in [3.63, 3.8) is 0 Å². The normalized spacial score (nSPS) is 24.6. The highest BCUT2D eigenvalue weighted by molar-refractivity contribution is 8.01. The lowest BCUT2D eigenvalue weighted by Gasteiger charge is -2.43. The first-order valence-corrected chi connectivity index (χ1v) is 11.3. The van der Waals surface area contributed by atoms with Gasteiger partial charge < -0.3 is 20.1 Å². The molecule has 2 saturated heterocycles. The molecule has 1 unspecified atom stereocenters. The minimum atomic E-state index is -1.25. The number of carboxylic acid groups (broad SMARTS) is 1. The van der Waals surface area contributed by atoms with Crippen LogP contribution in [0.1, 0.15) is 25.3 Å². The highest BCUT2D eigenvalue weighted by Crippen LogP contribution is 2.50. The van der Waals surface area contributed by atoms with Crippen LogP contribution in [0.5, 0.6) is 5.75 Å². The van der Waals surface area contributed by atoms with Crippen LogP contribution in [-0.2, 0) is 19.2 Å². The number of ether oxygens (including phenoxy) is 1. The van der Waals surface area contributed by atoms with Gasteiger partial charge in [0, 0.05) is 4.75 Å². The van der Waals surface area contributed by atoms with E-state index in [1.54, 1.807) is 61.0 Å². The molecule has 162 valence electrons. The minimum absolute atomic E-state index is 0.309. The van der Waals surface area contributed by atoms with Crippen LogP contribution in [0.2, 0.25) is 0 Å². The number of β-lactam (4-membered cyclic amide) rings is 1. The predicted octanol–water partition coefficient (Wildman–Crippen LogP) is 2.07. The van der Waals surface area contributed by atoms with Crippen LogP contribution in [0.4, 0.5) is 0 Å². The van der Waals surface area contributed by atoms with Crippen LogP contribution in [-0.4, -0.2) is 56.0 Å². The van der Waals surface area contributed by atoms with E-state index >= 15 is 0 Å². The van der Waals surface area contributed by atoms with E-state index in [0.717, 1.165) is 0 Å². The molecule has 4 atom stereocenters. The Balaban J connectivity index is 1.52. The third-order valence-corrected chi connectivity index (χ3v) is 7.58. The summed E-state index contributed by atoms with van der Waals surface area (Å²) in [5.74, 6) is -3.90. The molecule has 10 heteroatoms. The fraction of sp³-hybridized carbons (Fsp3) is 0.333. The molecule has 2 aliphatic rings. The SMILES string of the molecule is CC1(C)S[C@@H]2[C@H](NC(=O)C(C(=O)Oc3ccccc3)c3ccsc3)C(=O)N2[C@H]1C(=O)O. The highest BCUT2D eigenvalue weighted by atomic mass is 32.2. The molecule has 2 amide bonds. The zero-order valence-corrected chi connectivity index (χ0v) is 18.3. The number of thiophene rings is 1. The van der Waals surface area contributed by atoms with Gasteiger partial charge in [0.25, 0.3) is 0 Å². The highest BCUT2D eigenvalue weighted by Gasteiger charge is 2.64. The molecule has 4 rings (SSSR count). The summed E-state index contributed by atoms with van der Waals surface area (Å²) in [5.41, 5.74) is 0.467. The number of esters is 1. The standard InChI is InChI=1S/C21H20N2O6S2/c1-21(2)15(19(26)27)23-17(25)14(18(23)31-21)22-16(24)13(11-8-9-30-10-11)20(28)29-12-6-4-3-5-7-12/h3-10,13-15,18H,1-2H3,(H,22,24)(H,26,27)/t13?,14-,15+,18-/m1/s1. The summed E-state index contributed by atoms with van der Waals surface area (Å²) in [6, 6.07) is 8.20. The number of aliphatic carboxylic acids is 1. The van der Waals surface area contributed by atoms with E-state index in [9.17, 15) is 24.3 Å². The Hall–Kier alpha value is -2.85. The van der Waals surface area contributed by atoms with Gasteiger partial charge in [0.05, 0.1) is 0 Å². The lowest BCUT2D eigenvalue weighted by atomic mass is 9.95. The van der Waals surface area contributed by atoms with Crippen LogP contribution >= 0.6 is 23.1 Å². The van der Waals surface area contributed by atoms with E-state index in [0.29, 0.717) is 11.3 Å². The zero-order chi connectivity index (χ0) is 22.3. The van der Waals surface area contributed by atoms with Crippen molar-refractivity contribution in [1.82, 2.24) is 10.2 Å². The topological polar surface area (TPSA) is 113 Å². The summed E-state index contributed by atoms with van der Waals surface area (Å²) >= 11 is 2.66. The van der Waals surface area contributed by atoms with Crippen molar-refractivity contribution in [3.8, 4) is 5.75 Å². The summed E-state index contributed by atoms with van der Waals surface area (Å²) in [4.78, 5) is 51.5. The summed E-state index contributed by atoms with van der Waals surface area (Å²) in [6.07, 6.45) is 0. The number of fused-ring (bicyclic) bond motifs is 1. The Morgan fingerprint density at radius 1 is 1.19 bits per heavy atom. The lowest BCUT2D eigenvalue weighted by molar-refractivity contribution is -0.161. The van der Waals surface area contributed by atoms with Gasteiger partial charge in [0.2, 0.25) is 11.8 Å². The molecule has 31 heavy (non-hydrogen) atoms. The average molecular weight is 461 g/mol. The number of nitrogens with one attached hydrogen (secondary N) is 1. The third kappa shape index (κ3) is 3.81. The molecule has 2 aliphatic heterocycles. The van der Waals surface area contributed by atoms with Crippen LogP contribution < -0.4 is 10.1 Å². The smallest absolute Gasteiger partial charge is 0.328 e. The molecule has 0 aliphatic carbocycles. The van der Waals surface area contributed by atoms with Crippen molar-refractivity contribution >= 4 is 46.9 Å².